The van der Waals surface area contributed by atoms with E-state index in [0.717, 1.165) is 59.2 Å². The van der Waals surface area contributed by atoms with Gasteiger partial charge in [-0.1, -0.05) is 36.4 Å². The van der Waals surface area contributed by atoms with Crippen molar-refractivity contribution in [3.8, 4) is 0 Å². The first kappa shape index (κ1) is 19.1. The highest BCUT2D eigenvalue weighted by Gasteiger charge is 2.21. The van der Waals surface area contributed by atoms with E-state index in [1.165, 1.54) is 0 Å². The van der Waals surface area contributed by atoms with Gasteiger partial charge < -0.3 is 4.98 Å². The lowest BCUT2D eigenvalue weighted by Crippen LogP contribution is -2.15. The van der Waals surface area contributed by atoms with Gasteiger partial charge in [0.1, 0.15) is 5.78 Å². The fourth-order valence-electron chi connectivity index (χ4n) is 3.90. The van der Waals surface area contributed by atoms with E-state index in [1.807, 2.05) is 54.6 Å². The summed E-state index contributed by atoms with van der Waals surface area (Å²) in [6, 6.07) is 17.8. The Kier molecular flexibility index (Phi) is 5.84. The first-order chi connectivity index (χ1) is 14.2. The molecule has 5 nitrogen and oxygen atoms in total. The van der Waals surface area contributed by atoms with E-state index in [4.69, 9.17) is 0 Å². The summed E-state index contributed by atoms with van der Waals surface area (Å²) in [5.41, 5.74) is 8.05. The maximum absolute atomic E-state index is 11.7. The van der Waals surface area contributed by atoms with Crippen LogP contribution in [0.4, 0.5) is 5.69 Å². The normalized spacial score (nSPS) is 17.6. The summed E-state index contributed by atoms with van der Waals surface area (Å²) in [5, 5.41) is 5.34. The van der Waals surface area contributed by atoms with Gasteiger partial charge in [-0.2, -0.15) is 5.10 Å². The summed E-state index contributed by atoms with van der Waals surface area (Å²) in [7, 11) is 0. The van der Waals surface area contributed by atoms with Crippen molar-refractivity contribution < 1.29 is 9.59 Å². The Morgan fingerprint density at radius 2 is 1.59 bits per heavy atom. The van der Waals surface area contributed by atoms with Gasteiger partial charge in [0.05, 0.1) is 5.69 Å². The molecule has 2 aliphatic rings. The number of H-pyrrole nitrogens is 1. The quantitative estimate of drug-likeness (QED) is 0.587. The van der Waals surface area contributed by atoms with Crippen molar-refractivity contribution in [1.29, 1.82) is 0 Å². The smallest absolute Gasteiger partial charge is 0.165 e. The molecule has 0 saturated heterocycles. The highest BCUT2D eigenvalue weighted by Crippen LogP contribution is 2.28. The van der Waals surface area contributed by atoms with Gasteiger partial charge in [0.25, 0.3) is 0 Å². The molecule has 1 heterocycles. The molecular weight excluding hydrogens is 362 g/mol. The molecule has 0 unspecified atom stereocenters. The van der Waals surface area contributed by atoms with Crippen molar-refractivity contribution in [2.75, 3.05) is 5.43 Å². The molecule has 2 N–H and O–H groups in total. The lowest BCUT2D eigenvalue weighted by atomic mass is 9.94. The van der Waals surface area contributed by atoms with Crippen LogP contribution in [0.5, 0.6) is 0 Å². The van der Waals surface area contributed by atoms with Crippen molar-refractivity contribution >= 4 is 33.9 Å². The van der Waals surface area contributed by atoms with Crippen LogP contribution in [0.25, 0.3) is 10.9 Å². The van der Waals surface area contributed by atoms with E-state index >= 15 is 0 Å². The Hall–Kier alpha value is -3.21. The molecule has 1 fully saturated rings. The molecule has 0 spiro atoms. The van der Waals surface area contributed by atoms with Gasteiger partial charge in [0.2, 0.25) is 0 Å². The predicted octanol–water partition coefficient (Wildman–Crippen LogP) is 5.28. The largest absolute Gasteiger partial charge is 0.358 e. The van der Waals surface area contributed by atoms with E-state index in [2.05, 4.69) is 15.5 Å². The number of nitrogens with one attached hydrogen (secondary N) is 2. The zero-order valence-corrected chi connectivity index (χ0v) is 16.4. The molecule has 0 atom stereocenters. The Labute approximate surface area is 170 Å². The maximum atomic E-state index is 11.7. The molecule has 5 rings (SSSR count). The van der Waals surface area contributed by atoms with Crippen LogP contribution < -0.4 is 5.43 Å². The monoisotopic (exact) mass is 387 g/mol. The fraction of sp³-hybridized carbons (Fsp3) is 0.292. The Balaban J connectivity index is 0.000000141. The number of hydrazone groups is 1. The zero-order chi connectivity index (χ0) is 20.1. The van der Waals surface area contributed by atoms with Gasteiger partial charge >= 0.3 is 0 Å². The Morgan fingerprint density at radius 3 is 2.41 bits per heavy atom. The van der Waals surface area contributed by atoms with Crippen LogP contribution in [0.15, 0.2) is 59.7 Å². The SMILES string of the molecule is O=C1CCC/C(=N/Nc2ccccc2)C1.O=C1CCCc2[nH]c3ccccc3c21. The molecule has 3 aromatic rings. The van der Waals surface area contributed by atoms with Gasteiger partial charge in [-0.3, -0.25) is 15.0 Å². The third-order valence-electron chi connectivity index (χ3n) is 5.33. The van der Waals surface area contributed by atoms with Crippen molar-refractivity contribution in [2.24, 2.45) is 5.10 Å². The standard InChI is InChI=1S/C12H14N2O.C12H11NO/c15-12-8-4-7-11(9-12)14-13-10-5-2-1-3-6-10;14-11-7-3-6-10-12(11)8-4-1-2-5-9(8)13-10/h1-3,5-6,13H,4,7-9H2;1-2,4-5,13H,3,6-7H2/b14-11-;. The summed E-state index contributed by atoms with van der Waals surface area (Å²) < 4.78 is 0. The summed E-state index contributed by atoms with van der Waals surface area (Å²) in [5.74, 6) is 0.596. The van der Waals surface area contributed by atoms with Gasteiger partial charge in [0.15, 0.2) is 5.78 Å². The highest BCUT2D eigenvalue weighted by molar-refractivity contribution is 6.09. The van der Waals surface area contributed by atoms with E-state index in [-0.39, 0.29) is 0 Å². The predicted molar refractivity (Wildman–Crippen MR) is 117 cm³/mol. The number of nitrogens with zero attached hydrogens (tertiary/aromatic N) is 1. The van der Waals surface area contributed by atoms with Crippen LogP contribution in [0.1, 0.15) is 54.6 Å². The van der Waals surface area contributed by atoms with Crippen LogP contribution in [-0.2, 0) is 11.2 Å². The molecule has 0 bridgehead atoms. The van der Waals surface area contributed by atoms with Crippen molar-refractivity contribution in [1.82, 2.24) is 4.98 Å². The van der Waals surface area contributed by atoms with Gasteiger partial charge in [-0.15, -0.1) is 0 Å². The molecule has 0 aliphatic heterocycles. The maximum Gasteiger partial charge on any atom is 0.165 e. The third kappa shape index (κ3) is 4.62. The second kappa shape index (κ2) is 8.86. The molecule has 0 amide bonds. The molecule has 5 heteroatoms. The van der Waals surface area contributed by atoms with E-state index in [9.17, 15) is 9.59 Å². The summed E-state index contributed by atoms with van der Waals surface area (Å²) in [4.78, 5) is 26.2. The number of hydrogen-bond acceptors (Lipinski definition) is 4. The summed E-state index contributed by atoms with van der Waals surface area (Å²) >= 11 is 0. The van der Waals surface area contributed by atoms with Crippen LogP contribution in [-0.4, -0.2) is 22.3 Å². The van der Waals surface area contributed by atoms with Crippen LogP contribution >= 0.6 is 0 Å². The van der Waals surface area contributed by atoms with Crippen molar-refractivity contribution in [3.63, 3.8) is 0 Å². The second-order valence-corrected chi connectivity index (χ2v) is 7.53. The van der Waals surface area contributed by atoms with E-state index in [1.54, 1.807) is 0 Å². The zero-order valence-electron chi connectivity index (χ0n) is 16.4. The topological polar surface area (TPSA) is 74.3 Å². The Bertz CT molecular complexity index is 1050. The number of aromatic amines is 1. The molecule has 1 saturated carbocycles. The van der Waals surface area contributed by atoms with Crippen LogP contribution in [0.3, 0.4) is 0 Å². The first-order valence-corrected chi connectivity index (χ1v) is 10.2. The number of Topliss-reactive ketones (excluding diaryl/α,β-unsaturated/α-hetero) is 2. The van der Waals surface area contributed by atoms with Crippen LogP contribution in [0, 0.1) is 0 Å². The Morgan fingerprint density at radius 1 is 0.828 bits per heavy atom. The van der Waals surface area contributed by atoms with Crippen molar-refractivity contribution in [3.05, 3.63) is 65.9 Å². The number of hydrogen-bond donors (Lipinski definition) is 2. The number of ketones is 2. The number of para-hydroxylation sites is 2. The average Bonchev–Trinajstić information content (AvgIpc) is 3.13. The molecule has 0 radical (unpaired) electrons. The number of benzene rings is 2. The van der Waals surface area contributed by atoms with E-state index in [0.29, 0.717) is 30.8 Å². The number of rotatable bonds is 2. The minimum Gasteiger partial charge on any atom is -0.358 e. The number of aromatic nitrogens is 1. The second-order valence-electron chi connectivity index (χ2n) is 7.53. The number of aryl methyl sites for hydroxylation is 1. The molecule has 2 aromatic carbocycles. The molecule has 1 aromatic heterocycles. The molecule has 2 aliphatic carbocycles. The third-order valence-corrected chi connectivity index (χ3v) is 5.33. The van der Waals surface area contributed by atoms with E-state index < -0.39 is 0 Å². The number of fused-ring (bicyclic) bond motifs is 3. The van der Waals surface area contributed by atoms with Gasteiger partial charge in [-0.05, 0) is 43.9 Å². The van der Waals surface area contributed by atoms with Gasteiger partial charge in [0, 0.05) is 47.1 Å². The fourth-order valence-corrected chi connectivity index (χ4v) is 3.90. The van der Waals surface area contributed by atoms with Crippen molar-refractivity contribution in [2.45, 2.75) is 44.9 Å². The minimum absolute atomic E-state index is 0.295. The minimum atomic E-state index is 0.295. The molecule has 148 valence electrons. The summed E-state index contributed by atoms with van der Waals surface area (Å²) in [6.07, 6.45) is 5.80. The van der Waals surface area contributed by atoms with Gasteiger partial charge in [-0.25, -0.2) is 0 Å². The lowest BCUT2D eigenvalue weighted by Gasteiger charge is -2.11. The van der Waals surface area contributed by atoms with Crippen LogP contribution in [0.2, 0.25) is 0 Å². The highest BCUT2D eigenvalue weighted by atomic mass is 16.1. The molecular formula is C24H25N3O2. The molecule has 29 heavy (non-hydrogen) atoms. The number of carbonyl (C=O) groups is 2. The lowest BCUT2D eigenvalue weighted by molar-refractivity contribution is -0.118. The number of carbonyl (C=O) groups excluding carboxylic acids is 2. The number of anilines is 1. The summed E-state index contributed by atoms with van der Waals surface area (Å²) in [6.45, 7) is 0. The average molecular weight is 387 g/mol. The first-order valence-electron chi connectivity index (χ1n) is 10.2.